The average molecular weight is 127 g/mol. The Balaban J connectivity index is 2.85. The van der Waals surface area contributed by atoms with Crippen LogP contribution < -0.4 is 0 Å². The fraction of sp³-hybridized carbons (Fsp3) is 0.500. The molecule has 1 unspecified atom stereocenters. The van der Waals surface area contributed by atoms with Crippen molar-refractivity contribution in [3.05, 3.63) is 17.8 Å². The molecule has 3 heteroatoms. The number of aryl methyl sites for hydroxylation is 1. The molecule has 0 radical (unpaired) electrons. The lowest BCUT2D eigenvalue weighted by molar-refractivity contribution is 0.168. The lowest BCUT2D eigenvalue weighted by Crippen LogP contribution is -1.85. The number of aliphatic hydroxyl groups excluding tert-OH is 1. The number of oxazole rings is 1. The molecule has 50 valence electrons. The van der Waals surface area contributed by atoms with Crippen molar-refractivity contribution in [3.8, 4) is 0 Å². The number of rotatable bonds is 1. The minimum atomic E-state index is -0.550. The van der Waals surface area contributed by atoms with Gasteiger partial charge in [-0.2, -0.15) is 0 Å². The van der Waals surface area contributed by atoms with Crippen LogP contribution in [0.15, 0.2) is 10.6 Å². The predicted molar refractivity (Wildman–Crippen MR) is 31.9 cm³/mol. The highest BCUT2D eigenvalue weighted by atomic mass is 16.4. The van der Waals surface area contributed by atoms with E-state index in [1.165, 1.54) is 6.20 Å². The third-order valence-electron chi connectivity index (χ3n) is 1.05. The molecule has 0 aliphatic heterocycles. The quantitative estimate of drug-likeness (QED) is 0.613. The van der Waals surface area contributed by atoms with Gasteiger partial charge in [-0.3, -0.25) is 0 Å². The Kier molecular flexibility index (Phi) is 1.53. The van der Waals surface area contributed by atoms with Crippen LogP contribution in [0.25, 0.3) is 0 Å². The molecule has 0 saturated carbocycles. The first-order valence-corrected chi connectivity index (χ1v) is 2.80. The minimum absolute atomic E-state index is 0.521. The maximum absolute atomic E-state index is 8.90. The SMILES string of the molecule is Cc1ncc(C(C)O)o1. The molecular formula is C6H9NO2. The molecule has 0 aromatic carbocycles. The molecule has 1 atom stereocenters. The molecule has 1 heterocycles. The molecule has 1 N–H and O–H groups in total. The van der Waals surface area contributed by atoms with Crippen LogP contribution in [0.5, 0.6) is 0 Å². The summed E-state index contributed by atoms with van der Waals surface area (Å²) >= 11 is 0. The Morgan fingerprint density at radius 3 is 2.67 bits per heavy atom. The number of hydrogen-bond donors (Lipinski definition) is 1. The molecule has 0 aliphatic rings. The van der Waals surface area contributed by atoms with Crippen LogP contribution in [-0.2, 0) is 0 Å². The standard InChI is InChI=1S/C6H9NO2/c1-4(8)6-3-7-5(2)9-6/h3-4,8H,1-2H3. The van der Waals surface area contributed by atoms with E-state index in [2.05, 4.69) is 4.98 Å². The van der Waals surface area contributed by atoms with E-state index in [0.29, 0.717) is 11.7 Å². The smallest absolute Gasteiger partial charge is 0.191 e. The molecule has 1 aromatic heterocycles. The summed E-state index contributed by atoms with van der Waals surface area (Å²) in [4.78, 5) is 3.81. The van der Waals surface area contributed by atoms with Gasteiger partial charge in [0.25, 0.3) is 0 Å². The van der Waals surface area contributed by atoms with Crippen LogP contribution in [-0.4, -0.2) is 10.1 Å². The van der Waals surface area contributed by atoms with Crippen molar-refractivity contribution in [2.24, 2.45) is 0 Å². The summed E-state index contributed by atoms with van der Waals surface area (Å²) in [6.07, 6.45) is 0.978. The van der Waals surface area contributed by atoms with Crippen molar-refractivity contribution in [2.45, 2.75) is 20.0 Å². The molecule has 1 aromatic rings. The fourth-order valence-corrected chi connectivity index (χ4v) is 0.571. The predicted octanol–water partition coefficient (Wildman–Crippen LogP) is 1.04. The van der Waals surface area contributed by atoms with Crippen LogP contribution in [0.1, 0.15) is 24.7 Å². The zero-order valence-electron chi connectivity index (χ0n) is 5.46. The first-order valence-electron chi connectivity index (χ1n) is 2.80. The highest BCUT2D eigenvalue weighted by Crippen LogP contribution is 2.11. The van der Waals surface area contributed by atoms with Crippen molar-refractivity contribution < 1.29 is 9.52 Å². The zero-order chi connectivity index (χ0) is 6.85. The Bertz CT molecular complexity index is 193. The summed E-state index contributed by atoms with van der Waals surface area (Å²) in [6.45, 7) is 3.38. The number of aliphatic hydroxyl groups is 1. The maximum atomic E-state index is 8.90. The molecule has 0 fully saturated rings. The average Bonchev–Trinajstić information content (AvgIpc) is 2.14. The fourth-order valence-electron chi connectivity index (χ4n) is 0.571. The van der Waals surface area contributed by atoms with E-state index in [1.54, 1.807) is 13.8 Å². The maximum Gasteiger partial charge on any atom is 0.191 e. The molecule has 0 saturated heterocycles. The van der Waals surface area contributed by atoms with Crippen LogP contribution in [0.3, 0.4) is 0 Å². The number of aromatic nitrogens is 1. The molecule has 9 heavy (non-hydrogen) atoms. The second kappa shape index (κ2) is 2.19. The Morgan fingerprint density at radius 2 is 2.44 bits per heavy atom. The van der Waals surface area contributed by atoms with Gasteiger partial charge in [0.2, 0.25) is 0 Å². The van der Waals surface area contributed by atoms with Crippen molar-refractivity contribution in [1.29, 1.82) is 0 Å². The molecular weight excluding hydrogens is 118 g/mol. The Hall–Kier alpha value is -0.830. The second-order valence-corrected chi connectivity index (χ2v) is 1.96. The molecule has 1 rings (SSSR count). The topological polar surface area (TPSA) is 46.3 Å². The molecule has 0 spiro atoms. The van der Waals surface area contributed by atoms with E-state index in [-0.39, 0.29) is 0 Å². The van der Waals surface area contributed by atoms with E-state index >= 15 is 0 Å². The third-order valence-corrected chi connectivity index (χ3v) is 1.05. The van der Waals surface area contributed by atoms with Gasteiger partial charge >= 0.3 is 0 Å². The number of nitrogens with zero attached hydrogens (tertiary/aromatic N) is 1. The van der Waals surface area contributed by atoms with Gasteiger partial charge in [-0.25, -0.2) is 4.98 Å². The van der Waals surface area contributed by atoms with Crippen LogP contribution in [0, 0.1) is 6.92 Å². The van der Waals surface area contributed by atoms with Gasteiger partial charge in [0.15, 0.2) is 11.7 Å². The highest BCUT2D eigenvalue weighted by Gasteiger charge is 2.04. The van der Waals surface area contributed by atoms with Gasteiger partial charge in [-0.1, -0.05) is 0 Å². The summed E-state index contributed by atoms with van der Waals surface area (Å²) in [5.41, 5.74) is 0. The second-order valence-electron chi connectivity index (χ2n) is 1.96. The van der Waals surface area contributed by atoms with Gasteiger partial charge in [0, 0.05) is 6.92 Å². The van der Waals surface area contributed by atoms with E-state index in [4.69, 9.17) is 9.52 Å². The molecule has 3 nitrogen and oxygen atoms in total. The normalized spacial score (nSPS) is 13.7. The van der Waals surface area contributed by atoms with Gasteiger partial charge in [-0.05, 0) is 6.92 Å². The van der Waals surface area contributed by atoms with Gasteiger partial charge < -0.3 is 9.52 Å². The first kappa shape index (κ1) is 6.29. The monoisotopic (exact) mass is 127 g/mol. The van der Waals surface area contributed by atoms with Crippen molar-refractivity contribution in [2.75, 3.05) is 0 Å². The van der Waals surface area contributed by atoms with Crippen LogP contribution in [0.2, 0.25) is 0 Å². The van der Waals surface area contributed by atoms with Gasteiger partial charge in [-0.15, -0.1) is 0 Å². The highest BCUT2D eigenvalue weighted by molar-refractivity contribution is 4.95. The first-order chi connectivity index (χ1) is 4.20. The molecule has 0 aliphatic carbocycles. The molecule has 0 bridgehead atoms. The zero-order valence-corrected chi connectivity index (χ0v) is 5.46. The summed E-state index contributed by atoms with van der Waals surface area (Å²) in [5, 5.41) is 8.90. The minimum Gasteiger partial charge on any atom is -0.443 e. The largest absolute Gasteiger partial charge is 0.443 e. The van der Waals surface area contributed by atoms with Crippen molar-refractivity contribution in [1.82, 2.24) is 4.98 Å². The van der Waals surface area contributed by atoms with Gasteiger partial charge in [0.05, 0.1) is 6.20 Å². The Labute approximate surface area is 53.3 Å². The summed E-state index contributed by atoms with van der Waals surface area (Å²) < 4.78 is 4.98. The third kappa shape index (κ3) is 1.29. The summed E-state index contributed by atoms with van der Waals surface area (Å²) in [7, 11) is 0. The van der Waals surface area contributed by atoms with Crippen LogP contribution >= 0.6 is 0 Å². The summed E-state index contributed by atoms with van der Waals surface area (Å²) in [5.74, 6) is 1.11. The van der Waals surface area contributed by atoms with E-state index in [1.807, 2.05) is 0 Å². The lowest BCUT2D eigenvalue weighted by Gasteiger charge is -1.94. The lowest BCUT2D eigenvalue weighted by atomic mass is 10.3. The van der Waals surface area contributed by atoms with Gasteiger partial charge in [0.1, 0.15) is 6.10 Å². The summed E-state index contributed by atoms with van der Waals surface area (Å²) in [6, 6.07) is 0. The number of hydrogen-bond acceptors (Lipinski definition) is 3. The van der Waals surface area contributed by atoms with E-state index in [0.717, 1.165) is 0 Å². The Morgan fingerprint density at radius 1 is 1.78 bits per heavy atom. The van der Waals surface area contributed by atoms with Crippen molar-refractivity contribution >= 4 is 0 Å². The molecule has 0 amide bonds. The van der Waals surface area contributed by atoms with E-state index in [9.17, 15) is 0 Å². The van der Waals surface area contributed by atoms with Crippen LogP contribution in [0.4, 0.5) is 0 Å². The van der Waals surface area contributed by atoms with Crippen molar-refractivity contribution in [3.63, 3.8) is 0 Å². The van der Waals surface area contributed by atoms with E-state index < -0.39 is 6.10 Å².